The highest BCUT2D eigenvalue weighted by atomic mass is 35.5. The summed E-state index contributed by atoms with van der Waals surface area (Å²) in [6.45, 7) is 1.37. The summed E-state index contributed by atoms with van der Waals surface area (Å²) in [6.07, 6.45) is -3.17. The van der Waals surface area contributed by atoms with Gasteiger partial charge in [0.1, 0.15) is 12.9 Å². The number of carbonyl (C=O) groups excluding carboxylic acids is 1. The van der Waals surface area contributed by atoms with Crippen molar-refractivity contribution in [1.29, 1.82) is 0 Å². The van der Waals surface area contributed by atoms with Crippen LogP contribution in [0.1, 0.15) is 17.0 Å². The summed E-state index contributed by atoms with van der Waals surface area (Å²) in [5.74, 6) is -0.585. The second-order valence-electron chi connectivity index (χ2n) is 5.89. The number of hydrogen-bond donors (Lipinski definition) is 1. The normalized spacial score (nSPS) is 11.6. The zero-order valence-corrected chi connectivity index (χ0v) is 15.8. The molecule has 3 rings (SSSR count). The first kappa shape index (κ1) is 20.2. The number of anilines is 1. The van der Waals surface area contributed by atoms with E-state index in [1.165, 1.54) is 17.9 Å². The number of nitrogens with zero attached hydrogens (tertiary/aromatic N) is 5. The van der Waals surface area contributed by atoms with E-state index < -0.39 is 24.3 Å². The van der Waals surface area contributed by atoms with Crippen LogP contribution in [0.4, 0.5) is 19.1 Å². The summed E-state index contributed by atoms with van der Waals surface area (Å²) in [5.41, 5.74) is -0.0218. The van der Waals surface area contributed by atoms with Crippen LogP contribution >= 0.6 is 23.2 Å². The number of aryl methyl sites for hydroxylation is 1. The molecule has 0 aliphatic carbocycles. The summed E-state index contributed by atoms with van der Waals surface area (Å²) in [6, 6.07) is 5.98. The van der Waals surface area contributed by atoms with Gasteiger partial charge in [-0.1, -0.05) is 29.3 Å². The molecular formula is C16H13Cl2F3N6O. The summed E-state index contributed by atoms with van der Waals surface area (Å²) in [5, 5.41) is 10.7. The second kappa shape index (κ2) is 7.80. The summed E-state index contributed by atoms with van der Waals surface area (Å²) >= 11 is 11.8. The molecule has 0 aliphatic heterocycles. The first-order chi connectivity index (χ1) is 13.1. The fourth-order valence-electron chi connectivity index (χ4n) is 2.36. The number of halogens is 5. The van der Waals surface area contributed by atoms with Gasteiger partial charge in [-0.2, -0.15) is 18.3 Å². The minimum atomic E-state index is -4.57. The van der Waals surface area contributed by atoms with Gasteiger partial charge >= 0.3 is 6.18 Å². The molecule has 0 aliphatic rings. The molecule has 0 radical (unpaired) electrons. The molecule has 12 heteroatoms. The van der Waals surface area contributed by atoms with Crippen molar-refractivity contribution < 1.29 is 18.0 Å². The van der Waals surface area contributed by atoms with Gasteiger partial charge in [-0.05, 0) is 30.7 Å². The van der Waals surface area contributed by atoms with Gasteiger partial charge in [0.25, 0.3) is 0 Å². The van der Waals surface area contributed by atoms with Crippen LogP contribution in [0.15, 0.2) is 30.6 Å². The molecule has 0 unspecified atom stereocenters. The monoisotopic (exact) mass is 432 g/mol. The first-order valence-electron chi connectivity index (χ1n) is 7.86. The van der Waals surface area contributed by atoms with Crippen LogP contribution in [0.25, 0.3) is 0 Å². The molecule has 0 bridgehead atoms. The Bertz CT molecular complexity index is 1010. The van der Waals surface area contributed by atoms with Gasteiger partial charge < -0.3 is 0 Å². The lowest BCUT2D eigenvalue weighted by Crippen LogP contribution is -2.21. The molecule has 148 valence electrons. The van der Waals surface area contributed by atoms with E-state index in [0.717, 1.165) is 16.3 Å². The van der Waals surface area contributed by atoms with Gasteiger partial charge in [-0.3, -0.25) is 14.8 Å². The molecule has 2 heterocycles. The number of benzene rings is 1. The van der Waals surface area contributed by atoms with Crippen molar-refractivity contribution in [3.05, 3.63) is 57.6 Å². The van der Waals surface area contributed by atoms with E-state index in [-0.39, 0.29) is 11.6 Å². The quantitative estimate of drug-likeness (QED) is 0.664. The Balaban J connectivity index is 1.62. The molecule has 1 N–H and O–H groups in total. The predicted octanol–water partition coefficient (Wildman–Crippen LogP) is 3.80. The van der Waals surface area contributed by atoms with Crippen molar-refractivity contribution in [2.45, 2.75) is 26.2 Å². The smallest absolute Gasteiger partial charge is 0.292 e. The number of amides is 1. The molecule has 0 atom stereocenters. The van der Waals surface area contributed by atoms with Crippen LogP contribution in [0, 0.1) is 6.92 Å². The molecule has 1 amide bonds. The van der Waals surface area contributed by atoms with E-state index in [1.807, 2.05) is 0 Å². The highest BCUT2D eigenvalue weighted by molar-refractivity contribution is 6.42. The van der Waals surface area contributed by atoms with Crippen LogP contribution in [-0.4, -0.2) is 30.5 Å². The number of nitrogens with one attached hydrogen (secondary N) is 1. The third kappa shape index (κ3) is 4.82. The van der Waals surface area contributed by atoms with E-state index in [2.05, 4.69) is 20.5 Å². The van der Waals surface area contributed by atoms with Crippen molar-refractivity contribution in [2.75, 3.05) is 5.32 Å². The maximum absolute atomic E-state index is 12.7. The number of alkyl halides is 3. The maximum Gasteiger partial charge on any atom is 0.435 e. The molecule has 0 saturated heterocycles. The van der Waals surface area contributed by atoms with Crippen molar-refractivity contribution in [3.8, 4) is 0 Å². The zero-order valence-electron chi connectivity index (χ0n) is 14.3. The molecule has 1 aromatic carbocycles. The highest BCUT2D eigenvalue weighted by Gasteiger charge is 2.34. The van der Waals surface area contributed by atoms with Gasteiger partial charge in [0, 0.05) is 5.69 Å². The third-order valence-electron chi connectivity index (χ3n) is 3.68. The van der Waals surface area contributed by atoms with Crippen molar-refractivity contribution in [1.82, 2.24) is 24.5 Å². The van der Waals surface area contributed by atoms with E-state index in [4.69, 9.17) is 23.2 Å². The van der Waals surface area contributed by atoms with E-state index in [1.54, 1.807) is 18.2 Å². The van der Waals surface area contributed by atoms with Gasteiger partial charge in [0.2, 0.25) is 11.9 Å². The average molecular weight is 433 g/mol. The molecular weight excluding hydrogens is 420 g/mol. The van der Waals surface area contributed by atoms with E-state index in [0.29, 0.717) is 16.6 Å². The number of hydrogen-bond acceptors (Lipinski definition) is 4. The Kier molecular flexibility index (Phi) is 5.61. The Labute approximate surface area is 167 Å². The highest BCUT2D eigenvalue weighted by Crippen LogP contribution is 2.28. The summed E-state index contributed by atoms with van der Waals surface area (Å²) < 4.78 is 40.5. The second-order valence-corrected chi connectivity index (χ2v) is 6.70. The fourth-order valence-corrected chi connectivity index (χ4v) is 2.68. The molecule has 0 spiro atoms. The van der Waals surface area contributed by atoms with Crippen LogP contribution in [0.3, 0.4) is 0 Å². The van der Waals surface area contributed by atoms with Crippen LogP contribution < -0.4 is 5.32 Å². The largest absolute Gasteiger partial charge is 0.435 e. The summed E-state index contributed by atoms with van der Waals surface area (Å²) in [4.78, 5) is 16.0. The van der Waals surface area contributed by atoms with Crippen molar-refractivity contribution >= 4 is 35.1 Å². The van der Waals surface area contributed by atoms with Gasteiger partial charge in [-0.25, -0.2) is 9.67 Å². The lowest BCUT2D eigenvalue weighted by atomic mass is 10.2. The third-order valence-corrected chi connectivity index (χ3v) is 4.42. The Hall–Kier alpha value is -2.59. The van der Waals surface area contributed by atoms with Crippen molar-refractivity contribution in [3.63, 3.8) is 0 Å². The van der Waals surface area contributed by atoms with Crippen LogP contribution in [0.2, 0.25) is 10.0 Å². The average Bonchev–Trinajstić information content (AvgIpc) is 3.18. The Morgan fingerprint density at radius 3 is 2.57 bits per heavy atom. The SMILES string of the molecule is Cc1cc(C(F)(F)F)nn1CC(=O)Nc1ncn(Cc2ccc(Cl)c(Cl)c2)n1. The van der Waals surface area contributed by atoms with Crippen molar-refractivity contribution in [2.24, 2.45) is 0 Å². The summed E-state index contributed by atoms with van der Waals surface area (Å²) in [7, 11) is 0. The van der Waals surface area contributed by atoms with Gasteiger partial charge in [0.05, 0.1) is 16.6 Å². The van der Waals surface area contributed by atoms with Gasteiger partial charge in [-0.15, -0.1) is 5.10 Å². The molecule has 2 aromatic heterocycles. The molecule has 7 nitrogen and oxygen atoms in total. The topological polar surface area (TPSA) is 77.6 Å². The van der Waals surface area contributed by atoms with E-state index >= 15 is 0 Å². The molecule has 28 heavy (non-hydrogen) atoms. The fraction of sp³-hybridized carbons (Fsp3) is 0.250. The minimum absolute atomic E-state index is 0.0194. The van der Waals surface area contributed by atoms with Gasteiger partial charge in [0.15, 0.2) is 5.69 Å². The minimum Gasteiger partial charge on any atom is -0.292 e. The molecule has 0 fully saturated rings. The molecule has 3 aromatic rings. The van der Waals surface area contributed by atoms with Crippen LogP contribution in [-0.2, 0) is 24.1 Å². The lowest BCUT2D eigenvalue weighted by molar-refractivity contribution is -0.141. The maximum atomic E-state index is 12.7. The Morgan fingerprint density at radius 2 is 1.93 bits per heavy atom. The number of carbonyl (C=O) groups is 1. The zero-order chi connectivity index (χ0) is 20.5. The predicted molar refractivity (Wildman–Crippen MR) is 96.2 cm³/mol. The Morgan fingerprint density at radius 1 is 1.18 bits per heavy atom. The van der Waals surface area contributed by atoms with E-state index in [9.17, 15) is 18.0 Å². The molecule has 0 saturated carbocycles. The van der Waals surface area contributed by atoms with Crippen LogP contribution in [0.5, 0.6) is 0 Å². The standard InChI is InChI=1S/C16H13Cl2F3N6O/c1-9-4-13(16(19,20)21)24-27(9)7-14(28)23-15-22-8-26(25-15)6-10-2-3-11(17)12(18)5-10/h2-5,8H,6-7H2,1H3,(H,23,25,28). The number of aromatic nitrogens is 5. The first-order valence-corrected chi connectivity index (χ1v) is 8.62. The lowest BCUT2D eigenvalue weighted by Gasteiger charge is -2.05. The number of rotatable bonds is 5.